The maximum absolute atomic E-state index is 8.95. The molecule has 0 aliphatic rings. The van der Waals surface area contributed by atoms with Crippen molar-refractivity contribution in [1.82, 2.24) is 0 Å². The Balaban J connectivity index is 2.43. The van der Waals surface area contributed by atoms with Crippen LogP contribution >= 0.6 is 11.6 Å². The van der Waals surface area contributed by atoms with Gasteiger partial charge in [0.25, 0.3) is 0 Å². The van der Waals surface area contributed by atoms with E-state index in [1.807, 2.05) is 32.0 Å². The van der Waals surface area contributed by atoms with Crippen LogP contribution in [0.3, 0.4) is 0 Å². The lowest BCUT2D eigenvalue weighted by Crippen LogP contribution is -2.09. The van der Waals surface area contributed by atoms with Crippen molar-refractivity contribution in [3.63, 3.8) is 0 Å². The van der Waals surface area contributed by atoms with Gasteiger partial charge in [0, 0.05) is 10.6 Å². The molecular formula is C16H23ClN2O. The molecule has 0 fully saturated rings. The standard InChI is InChI=1S/C16H23ClN2O/c1-16(2,12-19)9-3-4-11-20-15-7-5-6-14(17)13(15)8-10-18/h5-7H,3-4,8-11,18H2,1-2H3. The zero-order valence-corrected chi connectivity index (χ0v) is 13.0. The summed E-state index contributed by atoms with van der Waals surface area (Å²) in [5, 5.41) is 9.65. The van der Waals surface area contributed by atoms with Gasteiger partial charge in [0.05, 0.1) is 18.1 Å². The smallest absolute Gasteiger partial charge is 0.124 e. The molecule has 1 aromatic rings. The van der Waals surface area contributed by atoms with Crippen LogP contribution in [0.5, 0.6) is 5.75 Å². The Hall–Kier alpha value is -1.24. The second kappa shape index (κ2) is 8.14. The Morgan fingerprint density at radius 2 is 2.10 bits per heavy atom. The van der Waals surface area contributed by atoms with E-state index in [2.05, 4.69) is 6.07 Å². The summed E-state index contributed by atoms with van der Waals surface area (Å²) in [6.45, 7) is 5.12. The van der Waals surface area contributed by atoms with Crippen molar-refractivity contribution >= 4 is 11.6 Å². The van der Waals surface area contributed by atoms with Gasteiger partial charge in [0.1, 0.15) is 5.75 Å². The van der Waals surface area contributed by atoms with Gasteiger partial charge in [0.15, 0.2) is 0 Å². The molecule has 0 aliphatic carbocycles. The highest BCUT2D eigenvalue weighted by atomic mass is 35.5. The van der Waals surface area contributed by atoms with E-state index in [-0.39, 0.29) is 5.41 Å². The largest absolute Gasteiger partial charge is 0.493 e. The normalized spacial score (nSPS) is 11.2. The van der Waals surface area contributed by atoms with Gasteiger partial charge in [-0.25, -0.2) is 0 Å². The lowest BCUT2D eigenvalue weighted by molar-refractivity contribution is 0.292. The zero-order chi connectivity index (χ0) is 15.0. The van der Waals surface area contributed by atoms with Crippen LogP contribution in [-0.4, -0.2) is 13.2 Å². The fourth-order valence-electron chi connectivity index (χ4n) is 1.97. The average molecular weight is 295 g/mol. The summed E-state index contributed by atoms with van der Waals surface area (Å²) in [6.07, 6.45) is 3.52. The molecule has 20 heavy (non-hydrogen) atoms. The van der Waals surface area contributed by atoms with Crippen molar-refractivity contribution in [2.24, 2.45) is 11.1 Å². The molecule has 0 aromatic heterocycles. The van der Waals surface area contributed by atoms with Gasteiger partial charge in [-0.1, -0.05) is 17.7 Å². The molecule has 1 rings (SSSR count). The van der Waals surface area contributed by atoms with Crippen molar-refractivity contribution < 1.29 is 4.74 Å². The minimum absolute atomic E-state index is 0.249. The number of halogens is 1. The lowest BCUT2D eigenvalue weighted by atomic mass is 9.89. The molecule has 0 unspecified atom stereocenters. The average Bonchev–Trinajstić information content (AvgIpc) is 2.42. The molecular weight excluding hydrogens is 272 g/mol. The predicted molar refractivity (Wildman–Crippen MR) is 83.0 cm³/mol. The van der Waals surface area contributed by atoms with E-state index in [1.165, 1.54) is 0 Å². The summed E-state index contributed by atoms with van der Waals surface area (Å²) < 4.78 is 5.80. The van der Waals surface area contributed by atoms with Crippen LogP contribution in [0.15, 0.2) is 18.2 Å². The molecule has 3 nitrogen and oxygen atoms in total. The number of benzene rings is 1. The highest BCUT2D eigenvalue weighted by Gasteiger charge is 2.15. The summed E-state index contributed by atoms with van der Waals surface area (Å²) >= 11 is 6.16. The lowest BCUT2D eigenvalue weighted by Gasteiger charge is -2.15. The third kappa shape index (κ3) is 5.40. The Morgan fingerprint density at radius 3 is 2.75 bits per heavy atom. The molecule has 0 amide bonds. The molecule has 0 bridgehead atoms. The molecule has 1 aromatic carbocycles. The number of hydrogen-bond donors (Lipinski definition) is 1. The SMILES string of the molecule is CC(C)(C#N)CCCCOc1cccc(Cl)c1CCN. The third-order valence-corrected chi connectivity index (χ3v) is 3.58. The first kappa shape index (κ1) is 16.8. The van der Waals surface area contributed by atoms with E-state index in [4.69, 9.17) is 27.3 Å². The van der Waals surface area contributed by atoms with Crippen LogP contribution in [-0.2, 0) is 6.42 Å². The fourth-order valence-corrected chi connectivity index (χ4v) is 2.23. The predicted octanol–water partition coefficient (Wildman–Crippen LogP) is 3.94. The Morgan fingerprint density at radius 1 is 1.35 bits per heavy atom. The van der Waals surface area contributed by atoms with Gasteiger partial charge in [-0.05, 0) is 58.2 Å². The molecule has 0 radical (unpaired) electrons. The van der Waals surface area contributed by atoms with Crippen molar-refractivity contribution in [2.45, 2.75) is 39.5 Å². The highest BCUT2D eigenvalue weighted by Crippen LogP contribution is 2.27. The monoisotopic (exact) mass is 294 g/mol. The number of unbranched alkanes of at least 4 members (excludes halogenated alkanes) is 1. The molecule has 4 heteroatoms. The minimum atomic E-state index is -0.249. The van der Waals surface area contributed by atoms with Gasteiger partial charge in [-0.3, -0.25) is 0 Å². The third-order valence-electron chi connectivity index (χ3n) is 3.23. The topological polar surface area (TPSA) is 59.0 Å². The highest BCUT2D eigenvalue weighted by molar-refractivity contribution is 6.31. The number of nitrogens with two attached hydrogens (primary N) is 1. The van der Waals surface area contributed by atoms with Crippen molar-refractivity contribution in [3.8, 4) is 11.8 Å². The van der Waals surface area contributed by atoms with Crippen LogP contribution in [0.25, 0.3) is 0 Å². The number of nitriles is 1. The molecule has 0 heterocycles. The molecule has 0 saturated heterocycles. The van der Waals surface area contributed by atoms with Crippen molar-refractivity contribution in [2.75, 3.05) is 13.2 Å². The first-order valence-electron chi connectivity index (χ1n) is 7.01. The van der Waals surface area contributed by atoms with E-state index >= 15 is 0 Å². The van der Waals surface area contributed by atoms with Crippen LogP contribution in [0.1, 0.15) is 38.7 Å². The quantitative estimate of drug-likeness (QED) is 0.739. The second-order valence-corrected chi connectivity index (χ2v) is 5.96. The number of nitrogens with zero attached hydrogens (tertiary/aromatic N) is 1. The molecule has 0 spiro atoms. The van der Waals surface area contributed by atoms with Crippen molar-refractivity contribution in [3.05, 3.63) is 28.8 Å². The summed E-state index contributed by atoms with van der Waals surface area (Å²) in [5.74, 6) is 0.822. The minimum Gasteiger partial charge on any atom is -0.493 e. The van der Waals surface area contributed by atoms with Crippen LogP contribution in [0.2, 0.25) is 5.02 Å². The Labute approximate surface area is 126 Å². The molecule has 0 aliphatic heterocycles. The molecule has 2 N–H and O–H groups in total. The van der Waals surface area contributed by atoms with Crippen LogP contribution < -0.4 is 10.5 Å². The second-order valence-electron chi connectivity index (χ2n) is 5.56. The van der Waals surface area contributed by atoms with Crippen molar-refractivity contribution in [1.29, 1.82) is 5.26 Å². The zero-order valence-electron chi connectivity index (χ0n) is 12.3. The first-order valence-corrected chi connectivity index (χ1v) is 7.39. The van der Waals surface area contributed by atoms with Crippen LogP contribution in [0.4, 0.5) is 0 Å². The number of hydrogen-bond acceptors (Lipinski definition) is 3. The summed E-state index contributed by atoms with van der Waals surface area (Å²) in [7, 11) is 0. The molecule has 0 atom stereocenters. The summed E-state index contributed by atoms with van der Waals surface area (Å²) in [6, 6.07) is 7.98. The fraction of sp³-hybridized carbons (Fsp3) is 0.562. The maximum Gasteiger partial charge on any atom is 0.124 e. The van der Waals surface area contributed by atoms with Gasteiger partial charge < -0.3 is 10.5 Å². The Kier molecular flexibility index (Phi) is 6.84. The number of ether oxygens (including phenoxy) is 1. The van der Waals surface area contributed by atoms with Crippen LogP contribution in [0, 0.1) is 16.7 Å². The molecule has 110 valence electrons. The summed E-state index contributed by atoms with van der Waals surface area (Å²) in [4.78, 5) is 0. The number of rotatable bonds is 8. The van der Waals surface area contributed by atoms with E-state index < -0.39 is 0 Å². The molecule has 0 saturated carbocycles. The van der Waals surface area contributed by atoms with E-state index in [9.17, 15) is 0 Å². The maximum atomic E-state index is 8.95. The van der Waals surface area contributed by atoms with Gasteiger partial charge in [-0.15, -0.1) is 0 Å². The Bertz CT molecular complexity index is 466. The van der Waals surface area contributed by atoms with E-state index in [1.54, 1.807) is 0 Å². The summed E-state index contributed by atoms with van der Waals surface area (Å²) in [5.41, 5.74) is 6.32. The van der Waals surface area contributed by atoms with E-state index in [0.29, 0.717) is 18.2 Å². The van der Waals surface area contributed by atoms with Gasteiger partial charge in [-0.2, -0.15) is 5.26 Å². The van der Waals surface area contributed by atoms with Gasteiger partial charge in [0.2, 0.25) is 0 Å². The van der Waals surface area contributed by atoms with Gasteiger partial charge >= 0.3 is 0 Å². The van der Waals surface area contributed by atoms with E-state index in [0.717, 1.165) is 37.0 Å². The first-order chi connectivity index (χ1) is 9.50.